The van der Waals surface area contributed by atoms with Crippen molar-refractivity contribution in [1.29, 1.82) is 0 Å². The van der Waals surface area contributed by atoms with Crippen LogP contribution in [0.5, 0.6) is 0 Å². The molecular weight excluding hydrogens is 186 g/mol. The summed E-state index contributed by atoms with van der Waals surface area (Å²) in [7, 11) is 0. The van der Waals surface area contributed by atoms with Crippen LogP contribution in [0.1, 0.15) is 24.5 Å². The number of aryl methyl sites for hydroxylation is 1. The van der Waals surface area contributed by atoms with Crippen LogP contribution in [0.3, 0.4) is 0 Å². The molecule has 0 heterocycles. The van der Waals surface area contributed by atoms with Crippen LogP contribution in [0.2, 0.25) is 0 Å². The second-order valence-corrected chi connectivity index (χ2v) is 3.74. The van der Waals surface area contributed by atoms with Crippen molar-refractivity contribution >= 4 is 0 Å². The maximum atomic E-state index is 12.1. The van der Waals surface area contributed by atoms with E-state index in [-0.39, 0.29) is 0 Å². The SMILES string of the molecule is Cc1ccc(C(C)(O)CC(F)F)cc1. The quantitative estimate of drug-likeness (QED) is 0.795. The molecule has 1 aromatic rings. The summed E-state index contributed by atoms with van der Waals surface area (Å²) in [5.74, 6) is 0. The molecule has 1 unspecified atom stereocenters. The Morgan fingerprint density at radius 3 is 2.21 bits per heavy atom. The Morgan fingerprint density at radius 1 is 1.29 bits per heavy atom. The van der Waals surface area contributed by atoms with Crippen LogP contribution in [0.25, 0.3) is 0 Å². The van der Waals surface area contributed by atoms with Gasteiger partial charge in [0, 0.05) is 6.42 Å². The molecule has 1 N–H and O–H groups in total. The van der Waals surface area contributed by atoms with Crippen LogP contribution in [-0.4, -0.2) is 11.5 Å². The van der Waals surface area contributed by atoms with Crippen LogP contribution in [0.4, 0.5) is 8.78 Å². The van der Waals surface area contributed by atoms with E-state index < -0.39 is 18.4 Å². The highest BCUT2D eigenvalue weighted by Crippen LogP contribution is 2.27. The van der Waals surface area contributed by atoms with E-state index in [1.54, 1.807) is 24.3 Å². The Kier molecular flexibility index (Phi) is 3.21. The van der Waals surface area contributed by atoms with E-state index in [9.17, 15) is 13.9 Å². The van der Waals surface area contributed by atoms with Crippen LogP contribution in [0.15, 0.2) is 24.3 Å². The molecule has 0 aliphatic rings. The monoisotopic (exact) mass is 200 g/mol. The first-order valence-electron chi connectivity index (χ1n) is 4.49. The van der Waals surface area contributed by atoms with Gasteiger partial charge in [0.1, 0.15) is 0 Å². The molecule has 0 aromatic heterocycles. The lowest BCUT2D eigenvalue weighted by Crippen LogP contribution is -2.24. The van der Waals surface area contributed by atoms with Crippen molar-refractivity contribution in [2.45, 2.75) is 32.3 Å². The zero-order chi connectivity index (χ0) is 10.8. The van der Waals surface area contributed by atoms with Gasteiger partial charge in [0.25, 0.3) is 0 Å². The number of hydrogen-bond acceptors (Lipinski definition) is 1. The van der Waals surface area contributed by atoms with Gasteiger partial charge in [-0.25, -0.2) is 8.78 Å². The summed E-state index contributed by atoms with van der Waals surface area (Å²) in [5, 5.41) is 9.77. The van der Waals surface area contributed by atoms with Crippen LogP contribution >= 0.6 is 0 Å². The number of hydrogen-bond donors (Lipinski definition) is 1. The molecule has 0 saturated carbocycles. The van der Waals surface area contributed by atoms with Gasteiger partial charge < -0.3 is 5.11 Å². The Labute approximate surface area is 82.4 Å². The molecule has 0 aliphatic heterocycles. The molecule has 0 saturated heterocycles. The maximum absolute atomic E-state index is 12.1. The van der Waals surface area contributed by atoms with Gasteiger partial charge >= 0.3 is 0 Å². The molecule has 3 heteroatoms. The van der Waals surface area contributed by atoms with E-state index in [4.69, 9.17) is 0 Å². The van der Waals surface area contributed by atoms with Gasteiger partial charge in [-0.1, -0.05) is 29.8 Å². The summed E-state index contributed by atoms with van der Waals surface area (Å²) in [6, 6.07) is 6.96. The van der Waals surface area contributed by atoms with Gasteiger partial charge in [-0.3, -0.25) is 0 Å². The molecule has 0 spiro atoms. The number of alkyl halides is 2. The fourth-order valence-electron chi connectivity index (χ4n) is 1.33. The van der Waals surface area contributed by atoms with E-state index in [0.717, 1.165) is 5.56 Å². The smallest absolute Gasteiger partial charge is 0.241 e. The summed E-state index contributed by atoms with van der Waals surface area (Å²) >= 11 is 0. The molecule has 0 bridgehead atoms. The predicted molar refractivity (Wildman–Crippen MR) is 51.4 cm³/mol. The Bertz CT molecular complexity index is 291. The van der Waals surface area contributed by atoms with Crippen molar-refractivity contribution in [3.63, 3.8) is 0 Å². The highest BCUT2D eigenvalue weighted by atomic mass is 19.3. The van der Waals surface area contributed by atoms with Crippen molar-refractivity contribution in [3.05, 3.63) is 35.4 Å². The number of benzene rings is 1. The van der Waals surface area contributed by atoms with Crippen molar-refractivity contribution in [2.24, 2.45) is 0 Å². The molecule has 1 atom stereocenters. The highest BCUT2D eigenvalue weighted by molar-refractivity contribution is 5.25. The molecule has 14 heavy (non-hydrogen) atoms. The predicted octanol–water partition coefficient (Wildman–Crippen LogP) is 2.86. The summed E-state index contributed by atoms with van der Waals surface area (Å²) in [5.41, 5.74) is 0.131. The molecule has 0 aliphatic carbocycles. The minimum atomic E-state index is -2.49. The third kappa shape index (κ3) is 2.77. The van der Waals surface area contributed by atoms with Crippen molar-refractivity contribution in [1.82, 2.24) is 0 Å². The van der Waals surface area contributed by atoms with Gasteiger partial charge in [-0.05, 0) is 19.4 Å². The van der Waals surface area contributed by atoms with Gasteiger partial charge in [0.2, 0.25) is 6.43 Å². The van der Waals surface area contributed by atoms with Gasteiger partial charge in [-0.15, -0.1) is 0 Å². The van der Waals surface area contributed by atoms with E-state index in [0.29, 0.717) is 5.56 Å². The largest absolute Gasteiger partial charge is 0.385 e. The maximum Gasteiger partial charge on any atom is 0.241 e. The average Bonchev–Trinajstić information content (AvgIpc) is 2.02. The molecule has 1 aromatic carbocycles. The average molecular weight is 200 g/mol. The summed E-state index contributed by atoms with van der Waals surface area (Å²) in [6.07, 6.45) is -3.03. The molecule has 78 valence electrons. The first-order chi connectivity index (χ1) is 6.42. The zero-order valence-corrected chi connectivity index (χ0v) is 8.30. The van der Waals surface area contributed by atoms with E-state index in [2.05, 4.69) is 0 Å². The van der Waals surface area contributed by atoms with E-state index in [1.807, 2.05) is 6.92 Å². The third-order valence-corrected chi connectivity index (χ3v) is 2.23. The van der Waals surface area contributed by atoms with Crippen molar-refractivity contribution in [3.8, 4) is 0 Å². The van der Waals surface area contributed by atoms with Crippen LogP contribution < -0.4 is 0 Å². The Hall–Kier alpha value is -0.960. The molecule has 1 nitrogen and oxygen atoms in total. The molecule has 0 amide bonds. The number of rotatable bonds is 3. The highest BCUT2D eigenvalue weighted by Gasteiger charge is 2.27. The zero-order valence-electron chi connectivity index (χ0n) is 8.30. The van der Waals surface area contributed by atoms with E-state index in [1.165, 1.54) is 6.92 Å². The van der Waals surface area contributed by atoms with E-state index >= 15 is 0 Å². The minimum Gasteiger partial charge on any atom is -0.385 e. The normalized spacial score (nSPS) is 15.6. The summed E-state index contributed by atoms with van der Waals surface area (Å²) in [4.78, 5) is 0. The summed E-state index contributed by atoms with van der Waals surface area (Å²) < 4.78 is 24.3. The summed E-state index contributed by atoms with van der Waals surface area (Å²) in [6.45, 7) is 3.31. The Balaban J connectivity index is 2.86. The standard InChI is InChI=1S/C11H14F2O/c1-8-3-5-9(6-4-8)11(2,14)7-10(12)13/h3-6,10,14H,7H2,1-2H3. The first-order valence-corrected chi connectivity index (χ1v) is 4.49. The second kappa shape index (κ2) is 4.05. The van der Waals surface area contributed by atoms with Gasteiger partial charge in [0.05, 0.1) is 5.60 Å². The first kappa shape index (κ1) is 11.1. The fraction of sp³-hybridized carbons (Fsp3) is 0.455. The van der Waals surface area contributed by atoms with Crippen LogP contribution in [-0.2, 0) is 5.60 Å². The Morgan fingerprint density at radius 2 is 1.79 bits per heavy atom. The van der Waals surface area contributed by atoms with Crippen molar-refractivity contribution < 1.29 is 13.9 Å². The molecule has 0 fully saturated rings. The lowest BCUT2D eigenvalue weighted by atomic mass is 9.92. The number of aliphatic hydroxyl groups is 1. The van der Waals surface area contributed by atoms with Crippen LogP contribution in [0, 0.1) is 6.92 Å². The molecule has 0 radical (unpaired) electrons. The fourth-order valence-corrected chi connectivity index (χ4v) is 1.33. The van der Waals surface area contributed by atoms with Gasteiger partial charge in [-0.2, -0.15) is 0 Å². The third-order valence-electron chi connectivity index (χ3n) is 2.23. The minimum absolute atomic E-state index is 0.531. The number of halogens is 2. The molecule has 1 rings (SSSR count). The molecular formula is C11H14F2O. The van der Waals surface area contributed by atoms with Gasteiger partial charge in [0.15, 0.2) is 0 Å². The lowest BCUT2D eigenvalue weighted by Gasteiger charge is -2.23. The second-order valence-electron chi connectivity index (χ2n) is 3.74. The van der Waals surface area contributed by atoms with Crippen molar-refractivity contribution in [2.75, 3.05) is 0 Å². The topological polar surface area (TPSA) is 20.2 Å². The lowest BCUT2D eigenvalue weighted by molar-refractivity contribution is -0.0123.